The minimum Gasteiger partial charge on any atom is -0.323 e. The van der Waals surface area contributed by atoms with Crippen molar-refractivity contribution in [1.29, 1.82) is 0 Å². The van der Waals surface area contributed by atoms with Crippen LogP contribution in [0.5, 0.6) is 0 Å². The van der Waals surface area contributed by atoms with Gasteiger partial charge in [0, 0.05) is 18.4 Å². The van der Waals surface area contributed by atoms with Gasteiger partial charge in [-0.15, -0.1) is 0 Å². The standard InChI is InChI=1S/C11H14N2/c12-10-9-7-13-6-2-8(9)1-3-11(10)4-5-11/h2,6-7,10H,1,3-5,12H2. The lowest BCUT2D eigenvalue weighted by atomic mass is 9.78. The van der Waals surface area contributed by atoms with Gasteiger partial charge in [0.05, 0.1) is 0 Å². The van der Waals surface area contributed by atoms with Gasteiger partial charge in [-0.25, -0.2) is 0 Å². The van der Waals surface area contributed by atoms with Crippen LogP contribution in [0.25, 0.3) is 0 Å². The molecule has 2 nitrogen and oxygen atoms in total. The van der Waals surface area contributed by atoms with Crippen LogP contribution in [0.4, 0.5) is 0 Å². The predicted octanol–water partition coefficient (Wildman–Crippen LogP) is 1.81. The molecule has 1 aromatic rings. The monoisotopic (exact) mass is 174 g/mol. The Hall–Kier alpha value is -0.890. The van der Waals surface area contributed by atoms with Crippen molar-refractivity contribution in [3.05, 3.63) is 29.6 Å². The number of aryl methyl sites for hydroxylation is 1. The van der Waals surface area contributed by atoms with Crippen LogP contribution in [0.1, 0.15) is 36.4 Å². The van der Waals surface area contributed by atoms with Crippen molar-refractivity contribution in [1.82, 2.24) is 4.98 Å². The van der Waals surface area contributed by atoms with E-state index in [-0.39, 0.29) is 6.04 Å². The Kier molecular flexibility index (Phi) is 1.34. The molecule has 0 saturated heterocycles. The summed E-state index contributed by atoms with van der Waals surface area (Å²) in [6, 6.07) is 2.37. The molecule has 1 saturated carbocycles. The van der Waals surface area contributed by atoms with Gasteiger partial charge in [-0.3, -0.25) is 4.98 Å². The minimum absolute atomic E-state index is 0.255. The first-order chi connectivity index (χ1) is 6.32. The lowest BCUT2D eigenvalue weighted by Crippen LogP contribution is -2.28. The quantitative estimate of drug-likeness (QED) is 0.651. The lowest BCUT2D eigenvalue weighted by molar-refractivity contribution is 0.353. The van der Waals surface area contributed by atoms with Crippen molar-refractivity contribution in [2.24, 2.45) is 11.1 Å². The molecule has 0 aromatic carbocycles. The summed E-state index contributed by atoms with van der Waals surface area (Å²) in [5, 5.41) is 0. The molecule has 0 aliphatic heterocycles. The van der Waals surface area contributed by atoms with Gasteiger partial charge in [-0.05, 0) is 48.3 Å². The largest absolute Gasteiger partial charge is 0.323 e. The lowest BCUT2D eigenvalue weighted by Gasteiger charge is -2.30. The first-order valence-corrected chi connectivity index (χ1v) is 5.00. The maximum Gasteiger partial charge on any atom is 0.0370 e. The molecular weight excluding hydrogens is 160 g/mol. The maximum atomic E-state index is 6.25. The van der Waals surface area contributed by atoms with E-state index in [1.54, 1.807) is 0 Å². The van der Waals surface area contributed by atoms with Crippen LogP contribution in [-0.4, -0.2) is 4.98 Å². The van der Waals surface area contributed by atoms with Crippen molar-refractivity contribution in [3.8, 4) is 0 Å². The van der Waals surface area contributed by atoms with E-state index in [0.29, 0.717) is 5.41 Å². The van der Waals surface area contributed by atoms with Gasteiger partial charge in [0.25, 0.3) is 0 Å². The summed E-state index contributed by atoms with van der Waals surface area (Å²) in [5.74, 6) is 0. The molecule has 0 amide bonds. The summed E-state index contributed by atoms with van der Waals surface area (Å²) in [5.41, 5.74) is 9.43. The highest BCUT2D eigenvalue weighted by Crippen LogP contribution is 2.59. The van der Waals surface area contributed by atoms with Crippen molar-refractivity contribution >= 4 is 0 Å². The fourth-order valence-electron chi connectivity index (χ4n) is 2.53. The number of nitrogens with two attached hydrogens (primary N) is 1. The Balaban J connectivity index is 2.08. The minimum atomic E-state index is 0.255. The Morgan fingerprint density at radius 3 is 3.00 bits per heavy atom. The van der Waals surface area contributed by atoms with Crippen LogP contribution in [-0.2, 0) is 6.42 Å². The second-order valence-corrected chi connectivity index (χ2v) is 4.41. The molecule has 1 heterocycles. The number of hydrogen-bond donors (Lipinski definition) is 1. The number of aromatic nitrogens is 1. The van der Waals surface area contributed by atoms with E-state index in [0.717, 1.165) is 0 Å². The first-order valence-electron chi connectivity index (χ1n) is 5.00. The van der Waals surface area contributed by atoms with Crippen LogP contribution in [0.2, 0.25) is 0 Å². The van der Waals surface area contributed by atoms with E-state index in [4.69, 9.17) is 5.73 Å². The molecule has 2 N–H and O–H groups in total. The van der Waals surface area contributed by atoms with Crippen molar-refractivity contribution in [3.63, 3.8) is 0 Å². The molecule has 3 rings (SSSR count). The van der Waals surface area contributed by atoms with Gasteiger partial charge in [-0.1, -0.05) is 0 Å². The van der Waals surface area contributed by atoms with Crippen LogP contribution in [0.3, 0.4) is 0 Å². The Morgan fingerprint density at radius 1 is 1.38 bits per heavy atom. The van der Waals surface area contributed by atoms with Crippen LogP contribution < -0.4 is 5.73 Å². The molecule has 0 bridgehead atoms. The van der Waals surface area contributed by atoms with Gasteiger partial charge >= 0.3 is 0 Å². The number of hydrogen-bond acceptors (Lipinski definition) is 2. The SMILES string of the molecule is NC1c2cnccc2CCC12CC2. The topological polar surface area (TPSA) is 38.9 Å². The van der Waals surface area contributed by atoms with Crippen LogP contribution in [0.15, 0.2) is 18.5 Å². The van der Waals surface area contributed by atoms with Crippen molar-refractivity contribution < 1.29 is 0 Å². The smallest absolute Gasteiger partial charge is 0.0370 e. The summed E-state index contributed by atoms with van der Waals surface area (Å²) < 4.78 is 0. The summed E-state index contributed by atoms with van der Waals surface area (Å²) in [4.78, 5) is 4.16. The van der Waals surface area contributed by atoms with E-state index in [1.165, 1.54) is 36.8 Å². The third-order valence-electron chi connectivity index (χ3n) is 3.73. The fourth-order valence-corrected chi connectivity index (χ4v) is 2.53. The van der Waals surface area contributed by atoms with Crippen LogP contribution >= 0.6 is 0 Å². The van der Waals surface area contributed by atoms with E-state index < -0.39 is 0 Å². The summed E-state index contributed by atoms with van der Waals surface area (Å²) in [6.07, 6.45) is 8.96. The average molecular weight is 174 g/mol. The van der Waals surface area contributed by atoms with Gasteiger partial charge in [0.1, 0.15) is 0 Å². The number of pyridine rings is 1. The zero-order valence-corrected chi connectivity index (χ0v) is 7.66. The van der Waals surface area contributed by atoms with Gasteiger partial charge in [0.15, 0.2) is 0 Å². The highest BCUT2D eigenvalue weighted by molar-refractivity contribution is 5.33. The van der Waals surface area contributed by atoms with Crippen molar-refractivity contribution in [2.75, 3.05) is 0 Å². The zero-order valence-electron chi connectivity index (χ0n) is 7.66. The first kappa shape index (κ1) is 7.51. The number of rotatable bonds is 0. The highest BCUT2D eigenvalue weighted by atomic mass is 14.8. The normalized spacial score (nSPS) is 28.5. The molecule has 1 spiro atoms. The van der Waals surface area contributed by atoms with Crippen molar-refractivity contribution in [2.45, 2.75) is 31.7 Å². The Bertz CT molecular complexity index is 342. The summed E-state index contributed by atoms with van der Waals surface area (Å²) in [6.45, 7) is 0. The van der Waals surface area contributed by atoms with Gasteiger partial charge in [0.2, 0.25) is 0 Å². The second-order valence-electron chi connectivity index (χ2n) is 4.41. The van der Waals surface area contributed by atoms with E-state index >= 15 is 0 Å². The highest BCUT2D eigenvalue weighted by Gasteiger charge is 2.50. The summed E-state index contributed by atoms with van der Waals surface area (Å²) in [7, 11) is 0. The summed E-state index contributed by atoms with van der Waals surface area (Å²) >= 11 is 0. The van der Waals surface area contributed by atoms with E-state index in [9.17, 15) is 0 Å². The molecule has 1 aromatic heterocycles. The molecule has 2 heteroatoms. The Morgan fingerprint density at radius 2 is 2.23 bits per heavy atom. The molecule has 68 valence electrons. The van der Waals surface area contributed by atoms with E-state index in [1.807, 2.05) is 12.4 Å². The molecular formula is C11H14N2. The van der Waals surface area contributed by atoms with Gasteiger partial charge in [-0.2, -0.15) is 0 Å². The number of nitrogens with zero attached hydrogens (tertiary/aromatic N) is 1. The third-order valence-corrected chi connectivity index (χ3v) is 3.73. The molecule has 2 aliphatic carbocycles. The van der Waals surface area contributed by atoms with Crippen LogP contribution in [0, 0.1) is 5.41 Å². The number of fused-ring (bicyclic) bond motifs is 1. The van der Waals surface area contributed by atoms with Gasteiger partial charge < -0.3 is 5.73 Å². The molecule has 0 radical (unpaired) electrons. The maximum absolute atomic E-state index is 6.25. The van der Waals surface area contributed by atoms with E-state index in [2.05, 4.69) is 11.1 Å². The average Bonchev–Trinajstić information content (AvgIpc) is 2.94. The zero-order chi connectivity index (χ0) is 8.89. The Labute approximate surface area is 78.2 Å². The molecule has 1 atom stereocenters. The predicted molar refractivity (Wildman–Crippen MR) is 51.2 cm³/mol. The third kappa shape index (κ3) is 0.953. The molecule has 2 aliphatic rings. The second kappa shape index (κ2) is 2.32. The fraction of sp³-hybridized carbons (Fsp3) is 0.545. The molecule has 13 heavy (non-hydrogen) atoms. The molecule has 1 unspecified atom stereocenters. The molecule has 1 fully saturated rings.